The lowest BCUT2D eigenvalue weighted by Crippen LogP contribution is -2.35. The minimum Gasteiger partial charge on any atom is -0.353 e. The number of carbonyl (C=O) groups excluding carboxylic acids is 1. The Bertz CT molecular complexity index is 485. The minimum absolute atomic E-state index is 0.143. The molecule has 104 valence electrons. The molecule has 2 nitrogen and oxygen atoms in total. The quantitative estimate of drug-likeness (QED) is 0.817. The van der Waals surface area contributed by atoms with Gasteiger partial charge in [0.2, 0.25) is 5.91 Å². The molecule has 1 aliphatic carbocycles. The maximum absolute atomic E-state index is 11.9. The fourth-order valence-corrected chi connectivity index (χ4v) is 3.44. The van der Waals surface area contributed by atoms with Crippen molar-refractivity contribution in [1.29, 1.82) is 0 Å². The van der Waals surface area contributed by atoms with Crippen LogP contribution in [0.4, 0.5) is 0 Å². The van der Waals surface area contributed by atoms with E-state index in [0.717, 1.165) is 4.47 Å². The zero-order valence-electron chi connectivity index (χ0n) is 11.6. The molecule has 0 spiro atoms. The Morgan fingerprint density at radius 2 is 2.11 bits per heavy atom. The Morgan fingerprint density at radius 3 is 2.74 bits per heavy atom. The second-order valence-corrected chi connectivity index (χ2v) is 7.22. The summed E-state index contributed by atoms with van der Waals surface area (Å²) in [4.78, 5) is 13.1. The van der Waals surface area contributed by atoms with Crippen LogP contribution in [0.2, 0.25) is 0 Å². The summed E-state index contributed by atoms with van der Waals surface area (Å²) in [7, 11) is 0. The first kappa shape index (κ1) is 14.9. The molecule has 0 bridgehead atoms. The van der Waals surface area contributed by atoms with Gasteiger partial charge in [-0.15, -0.1) is 11.8 Å². The van der Waals surface area contributed by atoms with Gasteiger partial charge in [0.25, 0.3) is 0 Å². The van der Waals surface area contributed by atoms with Crippen LogP contribution in [0, 0.1) is 19.8 Å². The van der Waals surface area contributed by atoms with Gasteiger partial charge in [-0.05, 0) is 62.8 Å². The van der Waals surface area contributed by atoms with Gasteiger partial charge in [-0.1, -0.05) is 15.9 Å². The molecule has 2 rings (SSSR count). The lowest BCUT2D eigenvalue weighted by atomic mass is 10.2. The number of benzene rings is 1. The Kier molecular flexibility index (Phi) is 4.96. The third kappa shape index (κ3) is 4.25. The van der Waals surface area contributed by atoms with E-state index in [1.54, 1.807) is 11.8 Å². The molecule has 0 saturated heterocycles. The van der Waals surface area contributed by atoms with E-state index in [2.05, 4.69) is 54.2 Å². The third-order valence-corrected chi connectivity index (χ3v) is 5.54. The van der Waals surface area contributed by atoms with Gasteiger partial charge < -0.3 is 5.32 Å². The molecule has 4 heteroatoms. The SMILES string of the molecule is Cc1cc(SCC(=O)NC(C)C2CC2)c(C)cc1Br. The van der Waals surface area contributed by atoms with Crippen molar-refractivity contribution < 1.29 is 4.79 Å². The molecule has 1 atom stereocenters. The van der Waals surface area contributed by atoms with E-state index in [1.807, 2.05) is 0 Å². The van der Waals surface area contributed by atoms with Crippen molar-refractivity contribution in [2.45, 2.75) is 44.6 Å². The fraction of sp³-hybridized carbons (Fsp3) is 0.533. The molecule has 1 aliphatic rings. The van der Waals surface area contributed by atoms with Crippen LogP contribution in [0.5, 0.6) is 0 Å². The molecule has 1 aromatic carbocycles. The Morgan fingerprint density at radius 1 is 1.42 bits per heavy atom. The summed E-state index contributed by atoms with van der Waals surface area (Å²) in [6, 6.07) is 4.59. The number of aryl methyl sites for hydroxylation is 2. The molecule has 1 N–H and O–H groups in total. The lowest BCUT2D eigenvalue weighted by molar-refractivity contribution is -0.119. The van der Waals surface area contributed by atoms with Gasteiger partial charge in [0.1, 0.15) is 0 Å². The highest BCUT2D eigenvalue weighted by atomic mass is 79.9. The van der Waals surface area contributed by atoms with Crippen molar-refractivity contribution in [3.63, 3.8) is 0 Å². The summed E-state index contributed by atoms with van der Waals surface area (Å²) in [5.74, 6) is 1.36. The maximum atomic E-state index is 11.9. The summed E-state index contributed by atoms with van der Waals surface area (Å²) in [6.07, 6.45) is 2.53. The van der Waals surface area contributed by atoms with Crippen molar-refractivity contribution in [1.82, 2.24) is 5.32 Å². The molecule has 1 fully saturated rings. The predicted molar refractivity (Wildman–Crippen MR) is 84.7 cm³/mol. The van der Waals surface area contributed by atoms with E-state index in [9.17, 15) is 4.79 Å². The van der Waals surface area contributed by atoms with Crippen molar-refractivity contribution >= 4 is 33.6 Å². The van der Waals surface area contributed by atoms with E-state index in [4.69, 9.17) is 0 Å². The highest BCUT2D eigenvalue weighted by Gasteiger charge is 2.28. The lowest BCUT2D eigenvalue weighted by Gasteiger charge is -2.13. The number of thioether (sulfide) groups is 1. The average Bonchev–Trinajstić information content (AvgIpc) is 3.16. The van der Waals surface area contributed by atoms with Gasteiger partial charge in [-0.3, -0.25) is 4.79 Å². The molecular formula is C15H20BrNOS. The smallest absolute Gasteiger partial charge is 0.230 e. The molecule has 1 unspecified atom stereocenters. The van der Waals surface area contributed by atoms with Crippen molar-refractivity contribution in [2.75, 3.05) is 5.75 Å². The van der Waals surface area contributed by atoms with E-state index >= 15 is 0 Å². The zero-order valence-corrected chi connectivity index (χ0v) is 14.0. The fourth-order valence-electron chi connectivity index (χ4n) is 2.06. The first-order chi connectivity index (χ1) is 8.97. The van der Waals surface area contributed by atoms with Crippen molar-refractivity contribution in [2.24, 2.45) is 5.92 Å². The zero-order chi connectivity index (χ0) is 14.0. The third-order valence-electron chi connectivity index (χ3n) is 3.53. The van der Waals surface area contributed by atoms with Gasteiger partial charge in [0.15, 0.2) is 0 Å². The summed E-state index contributed by atoms with van der Waals surface area (Å²) < 4.78 is 1.13. The minimum atomic E-state index is 0.143. The molecular weight excluding hydrogens is 322 g/mol. The number of hydrogen-bond acceptors (Lipinski definition) is 2. The van der Waals surface area contributed by atoms with Gasteiger partial charge in [-0.2, -0.15) is 0 Å². The van der Waals surface area contributed by atoms with Crippen LogP contribution in [-0.4, -0.2) is 17.7 Å². The maximum Gasteiger partial charge on any atom is 0.230 e. The van der Waals surface area contributed by atoms with Crippen LogP contribution in [-0.2, 0) is 4.79 Å². The number of nitrogens with one attached hydrogen (secondary N) is 1. The summed E-state index contributed by atoms with van der Waals surface area (Å²) in [5, 5.41) is 3.09. The van der Waals surface area contributed by atoms with Crippen LogP contribution >= 0.6 is 27.7 Å². The molecule has 0 radical (unpaired) electrons. The first-order valence-electron chi connectivity index (χ1n) is 6.66. The van der Waals surface area contributed by atoms with Crippen LogP contribution in [0.25, 0.3) is 0 Å². The normalized spacial score (nSPS) is 16.2. The monoisotopic (exact) mass is 341 g/mol. The molecule has 1 aromatic rings. The summed E-state index contributed by atoms with van der Waals surface area (Å²) >= 11 is 5.15. The number of hydrogen-bond donors (Lipinski definition) is 1. The van der Waals surface area contributed by atoms with Gasteiger partial charge >= 0.3 is 0 Å². The molecule has 0 aromatic heterocycles. The van der Waals surface area contributed by atoms with E-state index in [1.165, 1.54) is 28.9 Å². The van der Waals surface area contributed by atoms with Gasteiger partial charge in [0.05, 0.1) is 5.75 Å². The molecule has 1 saturated carbocycles. The predicted octanol–water partition coefficient (Wildman–Crippen LogP) is 4.07. The molecule has 19 heavy (non-hydrogen) atoms. The Hall–Kier alpha value is -0.480. The molecule has 1 amide bonds. The van der Waals surface area contributed by atoms with Gasteiger partial charge in [0, 0.05) is 15.4 Å². The second kappa shape index (κ2) is 6.31. The summed E-state index contributed by atoms with van der Waals surface area (Å²) in [6.45, 7) is 6.26. The number of rotatable bonds is 5. The van der Waals surface area contributed by atoms with E-state index < -0.39 is 0 Å². The average molecular weight is 342 g/mol. The number of halogens is 1. The topological polar surface area (TPSA) is 29.1 Å². The second-order valence-electron chi connectivity index (χ2n) is 5.35. The molecule has 0 heterocycles. The van der Waals surface area contributed by atoms with Crippen LogP contribution in [0.15, 0.2) is 21.5 Å². The highest BCUT2D eigenvalue weighted by molar-refractivity contribution is 9.10. The Labute approximate surface area is 127 Å². The number of carbonyl (C=O) groups is 1. The van der Waals surface area contributed by atoms with Crippen molar-refractivity contribution in [3.8, 4) is 0 Å². The Balaban J connectivity index is 1.87. The van der Waals surface area contributed by atoms with E-state index in [0.29, 0.717) is 17.7 Å². The number of amides is 1. The standard InChI is InChI=1S/C15H20BrNOS/c1-9-7-14(10(2)6-13(9)16)19-8-15(18)17-11(3)12-4-5-12/h6-7,11-12H,4-5,8H2,1-3H3,(H,17,18). The van der Waals surface area contributed by atoms with Crippen LogP contribution in [0.1, 0.15) is 30.9 Å². The molecule has 0 aliphatic heterocycles. The van der Waals surface area contributed by atoms with Gasteiger partial charge in [-0.25, -0.2) is 0 Å². The van der Waals surface area contributed by atoms with Crippen molar-refractivity contribution in [3.05, 3.63) is 27.7 Å². The highest BCUT2D eigenvalue weighted by Crippen LogP contribution is 2.32. The first-order valence-corrected chi connectivity index (χ1v) is 8.44. The van der Waals surface area contributed by atoms with E-state index in [-0.39, 0.29) is 5.91 Å². The van der Waals surface area contributed by atoms with Crippen LogP contribution < -0.4 is 5.32 Å². The summed E-state index contributed by atoms with van der Waals surface area (Å²) in [5.41, 5.74) is 2.42. The van der Waals surface area contributed by atoms with Crippen LogP contribution in [0.3, 0.4) is 0 Å². The largest absolute Gasteiger partial charge is 0.353 e.